The van der Waals surface area contributed by atoms with Gasteiger partial charge in [-0.05, 0) is 48.0 Å². The molecule has 0 aliphatic carbocycles. The van der Waals surface area contributed by atoms with Gasteiger partial charge in [-0.2, -0.15) is 0 Å². The highest BCUT2D eigenvalue weighted by Gasteiger charge is 2.14. The smallest absolute Gasteiger partial charge is 0.343 e. The lowest BCUT2D eigenvalue weighted by Gasteiger charge is -2.10. The molecule has 0 atom stereocenters. The molecule has 156 valence electrons. The minimum atomic E-state index is -0.719. The predicted octanol–water partition coefficient (Wildman–Crippen LogP) is 4.84. The zero-order valence-electron chi connectivity index (χ0n) is 16.7. The van der Waals surface area contributed by atoms with Crippen molar-refractivity contribution >= 4 is 16.9 Å². The third kappa shape index (κ3) is 3.98. The zero-order valence-corrected chi connectivity index (χ0v) is 16.7. The normalized spacial score (nSPS) is 10.7. The van der Waals surface area contributed by atoms with Gasteiger partial charge in [-0.3, -0.25) is 4.79 Å². The third-order valence-corrected chi connectivity index (χ3v) is 4.71. The number of carbonyl (C=O) groups is 1. The van der Waals surface area contributed by atoms with Crippen LogP contribution in [0.2, 0.25) is 0 Å². The first kappa shape index (κ1) is 20.2. The van der Waals surface area contributed by atoms with E-state index in [1.165, 1.54) is 56.9 Å². The molecule has 0 aliphatic heterocycles. The van der Waals surface area contributed by atoms with E-state index in [2.05, 4.69) is 0 Å². The standard InChI is InChI=1S/C24H17FO6/c1-28-20-9-6-14(11-22(20)29-2)19-13-30-21-12-17(7-8-18(21)23(19)26)31-24(27)15-4-3-5-16(25)10-15/h3-13H,1-2H3. The molecule has 0 radical (unpaired) electrons. The second-order valence-corrected chi connectivity index (χ2v) is 6.61. The van der Waals surface area contributed by atoms with Crippen LogP contribution in [0.25, 0.3) is 22.1 Å². The maximum absolute atomic E-state index is 13.3. The van der Waals surface area contributed by atoms with E-state index in [0.717, 1.165) is 6.07 Å². The number of fused-ring (bicyclic) bond motifs is 1. The first-order valence-corrected chi connectivity index (χ1v) is 9.26. The third-order valence-electron chi connectivity index (χ3n) is 4.71. The van der Waals surface area contributed by atoms with Crippen LogP contribution in [0.5, 0.6) is 17.2 Å². The molecule has 0 saturated heterocycles. The van der Waals surface area contributed by atoms with Gasteiger partial charge >= 0.3 is 5.97 Å². The molecule has 0 unspecified atom stereocenters. The van der Waals surface area contributed by atoms with E-state index in [-0.39, 0.29) is 22.3 Å². The molecule has 4 rings (SSSR count). The first-order valence-electron chi connectivity index (χ1n) is 9.26. The monoisotopic (exact) mass is 420 g/mol. The number of hydrogen-bond donors (Lipinski definition) is 0. The Morgan fingerprint density at radius 3 is 2.48 bits per heavy atom. The Hall–Kier alpha value is -4.13. The summed E-state index contributed by atoms with van der Waals surface area (Å²) in [5.41, 5.74) is 1.02. The molecule has 0 saturated carbocycles. The molecular formula is C24H17FO6. The van der Waals surface area contributed by atoms with Gasteiger partial charge in [-0.25, -0.2) is 9.18 Å². The molecule has 3 aromatic carbocycles. The number of ether oxygens (including phenoxy) is 3. The molecule has 0 amide bonds. The molecule has 0 N–H and O–H groups in total. The highest BCUT2D eigenvalue weighted by Crippen LogP contribution is 2.32. The number of esters is 1. The van der Waals surface area contributed by atoms with Crippen molar-refractivity contribution in [3.8, 4) is 28.4 Å². The summed E-state index contributed by atoms with van der Waals surface area (Å²) >= 11 is 0. The van der Waals surface area contributed by atoms with Crippen LogP contribution in [-0.2, 0) is 0 Å². The van der Waals surface area contributed by atoms with Gasteiger partial charge in [0.05, 0.1) is 30.7 Å². The number of benzene rings is 3. The zero-order chi connectivity index (χ0) is 22.0. The second-order valence-electron chi connectivity index (χ2n) is 6.61. The summed E-state index contributed by atoms with van der Waals surface area (Å²) in [5.74, 6) is -0.0612. The Labute approximate surface area is 176 Å². The summed E-state index contributed by atoms with van der Waals surface area (Å²) in [6, 6.07) is 14.7. The van der Waals surface area contributed by atoms with E-state index in [0.29, 0.717) is 28.0 Å². The van der Waals surface area contributed by atoms with E-state index in [1.807, 2.05) is 0 Å². The van der Waals surface area contributed by atoms with Crippen LogP contribution in [0, 0.1) is 5.82 Å². The molecule has 0 bridgehead atoms. The van der Waals surface area contributed by atoms with Gasteiger partial charge < -0.3 is 18.6 Å². The van der Waals surface area contributed by atoms with Crippen molar-refractivity contribution in [2.45, 2.75) is 0 Å². The SMILES string of the molecule is COc1ccc(-c2coc3cc(OC(=O)c4cccc(F)c4)ccc3c2=O)cc1OC. The summed E-state index contributed by atoms with van der Waals surface area (Å²) < 4.78 is 34.7. The van der Waals surface area contributed by atoms with Crippen molar-refractivity contribution in [3.63, 3.8) is 0 Å². The lowest BCUT2D eigenvalue weighted by atomic mass is 10.0. The second kappa shape index (κ2) is 8.31. The molecule has 31 heavy (non-hydrogen) atoms. The van der Waals surface area contributed by atoms with Gasteiger partial charge in [0.1, 0.15) is 23.4 Å². The van der Waals surface area contributed by atoms with Crippen molar-refractivity contribution in [2.24, 2.45) is 0 Å². The summed E-state index contributed by atoms with van der Waals surface area (Å²) in [6.07, 6.45) is 1.34. The minimum absolute atomic E-state index is 0.0744. The molecule has 0 aliphatic rings. The van der Waals surface area contributed by atoms with Crippen LogP contribution in [0.4, 0.5) is 4.39 Å². The fourth-order valence-corrected chi connectivity index (χ4v) is 3.16. The van der Waals surface area contributed by atoms with Crippen LogP contribution >= 0.6 is 0 Å². The maximum atomic E-state index is 13.3. The fraction of sp³-hybridized carbons (Fsp3) is 0.0833. The lowest BCUT2D eigenvalue weighted by Crippen LogP contribution is -2.09. The fourth-order valence-electron chi connectivity index (χ4n) is 3.16. The van der Waals surface area contributed by atoms with Gasteiger partial charge in [-0.1, -0.05) is 12.1 Å². The predicted molar refractivity (Wildman–Crippen MR) is 112 cm³/mol. The van der Waals surface area contributed by atoms with Gasteiger partial charge in [0.25, 0.3) is 0 Å². The van der Waals surface area contributed by atoms with E-state index >= 15 is 0 Å². The number of hydrogen-bond acceptors (Lipinski definition) is 6. The Kier molecular flexibility index (Phi) is 5.41. The average Bonchev–Trinajstić information content (AvgIpc) is 2.79. The number of methoxy groups -OCH3 is 2. The molecule has 6 nitrogen and oxygen atoms in total. The quantitative estimate of drug-likeness (QED) is 0.340. The lowest BCUT2D eigenvalue weighted by molar-refractivity contribution is 0.0734. The molecule has 0 spiro atoms. The molecular weight excluding hydrogens is 403 g/mol. The van der Waals surface area contributed by atoms with Crippen LogP contribution in [0.3, 0.4) is 0 Å². The first-order chi connectivity index (χ1) is 15.0. The highest BCUT2D eigenvalue weighted by atomic mass is 19.1. The molecule has 4 aromatic rings. The number of halogens is 1. The summed E-state index contributed by atoms with van der Waals surface area (Å²) in [6.45, 7) is 0. The Morgan fingerprint density at radius 1 is 0.935 bits per heavy atom. The molecule has 7 heteroatoms. The van der Waals surface area contributed by atoms with Gasteiger partial charge in [0, 0.05) is 6.07 Å². The minimum Gasteiger partial charge on any atom is -0.493 e. The van der Waals surface area contributed by atoms with Crippen LogP contribution in [-0.4, -0.2) is 20.2 Å². The van der Waals surface area contributed by atoms with Crippen molar-refractivity contribution in [3.05, 3.63) is 88.5 Å². The Morgan fingerprint density at radius 2 is 1.74 bits per heavy atom. The summed E-state index contributed by atoms with van der Waals surface area (Å²) in [4.78, 5) is 25.2. The molecule has 1 aromatic heterocycles. The van der Waals surface area contributed by atoms with Gasteiger partial charge in [-0.15, -0.1) is 0 Å². The average molecular weight is 420 g/mol. The van der Waals surface area contributed by atoms with Crippen molar-refractivity contribution < 1.29 is 27.8 Å². The van der Waals surface area contributed by atoms with Gasteiger partial charge in [0.2, 0.25) is 0 Å². The highest BCUT2D eigenvalue weighted by molar-refractivity contribution is 5.91. The van der Waals surface area contributed by atoms with E-state index in [9.17, 15) is 14.0 Å². The van der Waals surface area contributed by atoms with Gasteiger partial charge in [0.15, 0.2) is 16.9 Å². The number of carbonyl (C=O) groups excluding carboxylic acids is 1. The van der Waals surface area contributed by atoms with Crippen LogP contribution < -0.4 is 19.6 Å². The summed E-state index contributed by atoms with van der Waals surface area (Å²) in [5, 5.41) is 0.317. The largest absolute Gasteiger partial charge is 0.493 e. The van der Waals surface area contributed by atoms with E-state index in [1.54, 1.807) is 18.2 Å². The van der Waals surface area contributed by atoms with Crippen LogP contribution in [0.1, 0.15) is 10.4 Å². The van der Waals surface area contributed by atoms with Crippen molar-refractivity contribution in [1.29, 1.82) is 0 Å². The summed E-state index contributed by atoms with van der Waals surface area (Å²) in [7, 11) is 3.04. The van der Waals surface area contributed by atoms with Crippen LogP contribution in [0.15, 0.2) is 76.1 Å². The molecule has 1 heterocycles. The molecule has 0 fully saturated rings. The van der Waals surface area contributed by atoms with E-state index in [4.69, 9.17) is 18.6 Å². The Bertz CT molecular complexity index is 1340. The number of rotatable bonds is 5. The Balaban J connectivity index is 1.67. The van der Waals surface area contributed by atoms with E-state index < -0.39 is 11.8 Å². The topological polar surface area (TPSA) is 75.0 Å². The maximum Gasteiger partial charge on any atom is 0.343 e. The van der Waals surface area contributed by atoms with Crippen molar-refractivity contribution in [2.75, 3.05) is 14.2 Å². The van der Waals surface area contributed by atoms with Crippen molar-refractivity contribution in [1.82, 2.24) is 0 Å².